The molecule has 1 N–H and O–H groups in total. The Labute approximate surface area is 180 Å². The highest BCUT2D eigenvalue weighted by Crippen LogP contribution is 2.35. The lowest BCUT2D eigenvalue weighted by atomic mass is 10.1. The number of anilines is 2. The van der Waals surface area contributed by atoms with Gasteiger partial charge in [0.15, 0.2) is 11.5 Å². The highest BCUT2D eigenvalue weighted by Gasteiger charge is 2.17. The molecule has 0 saturated heterocycles. The summed E-state index contributed by atoms with van der Waals surface area (Å²) in [4.78, 5) is 21.9. The second-order valence-corrected chi connectivity index (χ2v) is 7.50. The standard InChI is InChI=1S/C21H14Cl2N4O3/c1-27-19-11(7-13(20(27)28)18-14(22)3-2-4-15(18)23)9-24-21(26-19)25-12-5-6-16-17(8-12)30-10-29-16/h2-9H,10H2,1H3,(H,24,25,26). The molecule has 7 nitrogen and oxygen atoms in total. The largest absolute Gasteiger partial charge is 0.454 e. The molecule has 30 heavy (non-hydrogen) atoms. The van der Waals surface area contributed by atoms with Gasteiger partial charge in [0.1, 0.15) is 5.65 Å². The van der Waals surface area contributed by atoms with Gasteiger partial charge >= 0.3 is 0 Å². The monoisotopic (exact) mass is 440 g/mol. The molecule has 1 aliphatic heterocycles. The maximum atomic E-state index is 13.0. The first-order valence-corrected chi connectivity index (χ1v) is 9.75. The summed E-state index contributed by atoms with van der Waals surface area (Å²) in [5, 5.41) is 4.61. The van der Waals surface area contributed by atoms with E-state index in [2.05, 4.69) is 15.3 Å². The first-order chi connectivity index (χ1) is 14.5. The number of halogens is 2. The highest BCUT2D eigenvalue weighted by molar-refractivity contribution is 6.39. The fourth-order valence-electron chi connectivity index (χ4n) is 3.34. The van der Waals surface area contributed by atoms with E-state index in [4.69, 9.17) is 32.7 Å². The number of aromatic nitrogens is 3. The van der Waals surface area contributed by atoms with Crippen LogP contribution in [0.25, 0.3) is 22.2 Å². The fraction of sp³-hybridized carbons (Fsp3) is 0.0952. The summed E-state index contributed by atoms with van der Waals surface area (Å²) in [5.41, 5.74) is 1.84. The third-order valence-electron chi connectivity index (χ3n) is 4.81. The van der Waals surface area contributed by atoms with E-state index in [0.29, 0.717) is 49.7 Å². The Kier molecular flexibility index (Phi) is 4.49. The van der Waals surface area contributed by atoms with Crippen molar-refractivity contribution < 1.29 is 9.47 Å². The maximum absolute atomic E-state index is 13.0. The van der Waals surface area contributed by atoms with E-state index in [1.165, 1.54) is 4.57 Å². The smallest absolute Gasteiger partial charge is 0.259 e. The summed E-state index contributed by atoms with van der Waals surface area (Å²) in [6.45, 7) is 0.200. The number of pyridine rings is 1. The molecule has 4 aromatic rings. The lowest BCUT2D eigenvalue weighted by Crippen LogP contribution is -2.20. The minimum absolute atomic E-state index is 0.200. The molecule has 5 rings (SSSR count). The van der Waals surface area contributed by atoms with Crippen molar-refractivity contribution in [3.63, 3.8) is 0 Å². The molecule has 0 atom stereocenters. The van der Waals surface area contributed by atoms with Gasteiger partial charge in [-0.25, -0.2) is 4.98 Å². The fourth-order valence-corrected chi connectivity index (χ4v) is 3.95. The zero-order chi connectivity index (χ0) is 20.8. The molecule has 2 aromatic carbocycles. The van der Waals surface area contributed by atoms with Crippen LogP contribution in [0.3, 0.4) is 0 Å². The Hall–Kier alpha value is -3.29. The van der Waals surface area contributed by atoms with Crippen molar-refractivity contribution in [3.05, 3.63) is 69.1 Å². The normalized spacial score (nSPS) is 12.4. The van der Waals surface area contributed by atoms with Crippen LogP contribution in [-0.2, 0) is 7.05 Å². The number of rotatable bonds is 3. The summed E-state index contributed by atoms with van der Waals surface area (Å²) in [7, 11) is 1.65. The van der Waals surface area contributed by atoms with Crippen LogP contribution < -0.4 is 20.3 Å². The van der Waals surface area contributed by atoms with E-state index in [1.807, 2.05) is 6.07 Å². The average molecular weight is 441 g/mol. The first-order valence-electron chi connectivity index (χ1n) is 8.99. The molecule has 150 valence electrons. The Morgan fingerprint density at radius 2 is 1.83 bits per heavy atom. The van der Waals surface area contributed by atoms with Crippen molar-refractivity contribution in [3.8, 4) is 22.6 Å². The van der Waals surface area contributed by atoms with Crippen molar-refractivity contribution in [1.29, 1.82) is 0 Å². The third-order valence-corrected chi connectivity index (χ3v) is 5.44. The van der Waals surface area contributed by atoms with Gasteiger partial charge in [-0.3, -0.25) is 9.36 Å². The van der Waals surface area contributed by atoms with E-state index in [-0.39, 0.29) is 12.4 Å². The van der Waals surface area contributed by atoms with E-state index >= 15 is 0 Å². The van der Waals surface area contributed by atoms with Crippen molar-refractivity contribution >= 4 is 45.9 Å². The zero-order valence-electron chi connectivity index (χ0n) is 15.6. The van der Waals surface area contributed by atoms with Crippen LogP contribution in [0.4, 0.5) is 11.6 Å². The summed E-state index contributed by atoms with van der Waals surface area (Å²) >= 11 is 12.6. The number of fused-ring (bicyclic) bond motifs is 2. The maximum Gasteiger partial charge on any atom is 0.259 e. The van der Waals surface area contributed by atoms with Crippen LogP contribution in [0.5, 0.6) is 11.5 Å². The van der Waals surface area contributed by atoms with Gasteiger partial charge in [-0.2, -0.15) is 4.98 Å². The molecule has 9 heteroatoms. The van der Waals surface area contributed by atoms with Crippen LogP contribution in [0, 0.1) is 0 Å². The van der Waals surface area contributed by atoms with E-state index < -0.39 is 0 Å². The van der Waals surface area contributed by atoms with Gasteiger partial charge in [-0.1, -0.05) is 29.3 Å². The van der Waals surface area contributed by atoms with Crippen molar-refractivity contribution in [2.24, 2.45) is 7.05 Å². The predicted molar refractivity (Wildman–Crippen MR) is 116 cm³/mol. The van der Waals surface area contributed by atoms with E-state index in [0.717, 1.165) is 5.69 Å². The molecule has 0 aliphatic carbocycles. The molecule has 0 radical (unpaired) electrons. The lowest BCUT2D eigenvalue weighted by molar-refractivity contribution is 0.174. The molecule has 1 aliphatic rings. The van der Waals surface area contributed by atoms with E-state index in [1.54, 1.807) is 49.6 Å². The highest BCUT2D eigenvalue weighted by atomic mass is 35.5. The molecular weight excluding hydrogens is 427 g/mol. The molecule has 0 amide bonds. The zero-order valence-corrected chi connectivity index (χ0v) is 17.2. The van der Waals surface area contributed by atoms with Crippen LogP contribution in [0.2, 0.25) is 10.0 Å². The summed E-state index contributed by atoms with van der Waals surface area (Å²) in [5.74, 6) is 1.68. The molecule has 0 fully saturated rings. The number of benzene rings is 2. The average Bonchev–Trinajstić information content (AvgIpc) is 3.20. The molecular formula is C21H14Cl2N4O3. The number of nitrogens with zero attached hydrogens (tertiary/aromatic N) is 3. The molecule has 3 heterocycles. The molecule has 0 saturated carbocycles. The van der Waals surface area contributed by atoms with Gasteiger partial charge in [-0.05, 0) is 30.3 Å². The number of hydrogen-bond acceptors (Lipinski definition) is 6. The summed E-state index contributed by atoms with van der Waals surface area (Å²) in [6, 6.07) is 12.3. The number of nitrogens with one attached hydrogen (secondary N) is 1. The SMILES string of the molecule is Cn1c(=O)c(-c2c(Cl)cccc2Cl)cc2cnc(Nc3ccc4c(c3)OCO4)nc21. The number of ether oxygens (including phenoxy) is 2. The number of aryl methyl sites for hydroxylation is 1. The number of hydrogen-bond donors (Lipinski definition) is 1. The molecule has 0 spiro atoms. The minimum Gasteiger partial charge on any atom is -0.454 e. The summed E-state index contributed by atoms with van der Waals surface area (Å²) in [6.07, 6.45) is 1.64. The second-order valence-electron chi connectivity index (χ2n) is 6.68. The van der Waals surface area contributed by atoms with Gasteiger partial charge in [0.05, 0.1) is 15.6 Å². The second kappa shape index (κ2) is 7.19. The Bertz CT molecular complexity index is 1350. The first kappa shape index (κ1) is 18.7. The van der Waals surface area contributed by atoms with Crippen molar-refractivity contribution in [2.45, 2.75) is 0 Å². The van der Waals surface area contributed by atoms with Crippen molar-refractivity contribution in [2.75, 3.05) is 12.1 Å². The Morgan fingerprint density at radius 1 is 1.07 bits per heavy atom. The summed E-state index contributed by atoms with van der Waals surface area (Å²) < 4.78 is 12.2. The molecule has 0 bridgehead atoms. The minimum atomic E-state index is -0.259. The van der Waals surface area contributed by atoms with E-state index in [9.17, 15) is 4.79 Å². The van der Waals surface area contributed by atoms with Gasteiger partial charge in [0.2, 0.25) is 12.7 Å². The molecule has 2 aromatic heterocycles. The van der Waals surface area contributed by atoms with Gasteiger partial charge in [0.25, 0.3) is 5.56 Å². The van der Waals surface area contributed by atoms with Crippen molar-refractivity contribution in [1.82, 2.24) is 14.5 Å². The predicted octanol–water partition coefficient (Wildman–Crippen LogP) is 4.77. The van der Waals surface area contributed by atoms with Gasteiger partial charge in [-0.15, -0.1) is 0 Å². The topological polar surface area (TPSA) is 78.3 Å². The Morgan fingerprint density at radius 3 is 2.63 bits per heavy atom. The third kappa shape index (κ3) is 3.12. The van der Waals surface area contributed by atoms with Gasteiger partial charge in [0, 0.05) is 35.9 Å². The van der Waals surface area contributed by atoms with Crippen LogP contribution in [-0.4, -0.2) is 21.3 Å². The quantitative estimate of drug-likeness (QED) is 0.493. The van der Waals surface area contributed by atoms with Crippen LogP contribution in [0.15, 0.2) is 53.5 Å². The van der Waals surface area contributed by atoms with Gasteiger partial charge < -0.3 is 14.8 Å². The molecule has 0 unspecified atom stereocenters. The van der Waals surface area contributed by atoms with Crippen LogP contribution in [0.1, 0.15) is 0 Å². The lowest BCUT2D eigenvalue weighted by Gasteiger charge is -2.12. The Balaban J connectivity index is 1.57. The van der Waals surface area contributed by atoms with Crippen LogP contribution >= 0.6 is 23.2 Å².